The van der Waals surface area contributed by atoms with Gasteiger partial charge in [-0.25, -0.2) is 18.0 Å². The minimum absolute atomic E-state index is 0.00210. The predicted octanol–water partition coefficient (Wildman–Crippen LogP) is 2.43. The number of sulfone groups is 1. The van der Waals surface area contributed by atoms with Gasteiger partial charge in [0.25, 0.3) is 5.91 Å². The number of carbonyl (C=O) groups is 3. The van der Waals surface area contributed by atoms with Gasteiger partial charge in [-0.3, -0.25) is 9.69 Å². The first kappa shape index (κ1) is 26.0. The third kappa shape index (κ3) is 7.95. The second-order valence-corrected chi connectivity index (χ2v) is 8.64. The lowest BCUT2D eigenvalue weighted by atomic mass is 10.1. The second-order valence-electron chi connectivity index (χ2n) is 6.68. The Morgan fingerprint density at radius 3 is 2.29 bits per heavy atom. The summed E-state index contributed by atoms with van der Waals surface area (Å²) in [6, 6.07) is 6.08. The minimum Gasteiger partial charge on any atom is -0.396 e. The van der Waals surface area contributed by atoms with Crippen LogP contribution in [-0.2, 0) is 29.0 Å². The highest BCUT2D eigenvalue weighted by molar-refractivity contribution is 7.91. The molecule has 31 heavy (non-hydrogen) atoms. The molecule has 0 saturated heterocycles. The van der Waals surface area contributed by atoms with E-state index in [1.54, 1.807) is 26.0 Å². The highest BCUT2D eigenvalue weighted by atomic mass is 32.2. The molecular formula is C22H27NO7S. The van der Waals surface area contributed by atoms with Crippen molar-refractivity contribution >= 4 is 27.7 Å². The van der Waals surface area contributed by atoms with Gasteiger partial charge < -0.3 is 9.84 Å². The van der Waals surface area contributed by atoms with Gasteiger partial charge in [-0.1, -0.05) is 37.8 Å². The molecule has 1 amide bonds. The number of hydrogen-bond donors (Lipinski definition) is 1. The molecule has 1 aromatic rings. The third-order valence-corrected chi connectivity index (χ3v) is 5.83. The van der Waals surface area contributed by atoms with E-state index in [-0.39, 0.29) is 41.9 Å². The maximum atomic E-state index is 12.8. The van der Waals surface area contributed by atoms with E-state index in [2.05, 4.69) is 13.2 Å². The minimum atomic E-state index is -3.93. The Labute approximate surface area is 182 Å². The molecule has 0 aromatic heterocycles. The summed E-state index contributed by atoms with van der Waals surface area (Å²) >= 11 is 0. The fourth-order valence-electron chi connectivity index (χ4n) is 2.33. The molecular weight excluding hydrogens is 422 g/mol. The molecule has 0 bridgehead atoms. The molecule has 8 nitrogen and oxygen atoms in total. The molecule has 0 aliphatic heterocycles. The van der Waals surface area contributed by atoms with Crippen LogP contribution in [0, 0.1) is 6.92 Å². The lowest BCUT2D eigenvalue weighted by molar-refractivity contribution is -0.154. The fourth-order valence-corrected chi connectivity index (χ4v) is 3.60. The van der Waals surface area contributed by atoms with Crippen LogP contribution in [0.15, 0.2) is 65.7 Å². The van der Waals surface area contributed by atoms with Crippen LogP contribution in [0.1, 0.15) is 31.7 Å². The highest BCUT2D eigenvalue weighted by Gasteiger charge is 2.24. The van der Waals surface area contributed by atoms with Gasteiger partial charge in [0.2, 0.25) is 0 Å². The summed E-state index contributed by atoms with van der Waals surface area (Å²) in [6.07, 6.45) is 2.27. The second kappa shape index (κ2) is 12.0. The Bertz CT molecular complexity index is 976. The van der Waals surface area contributed by atoms with E-state index >= 15 is 0 Å². The predicted molar refractivity (Wildman–Crippen MR) is 115 cm³/mol. The van der Waals surface area contributed by atoms with Crippen LogP contribution < -0.4 is 0 Å². The van der Waals surface area contributed by atoms with Gasteiger partial charge in [0.15, 0.2) is 9.84 Å². The third-order valence-electron chi connectivity index (χ3n) is 4.23. The summed E-state index contributed by atoms with van der Waals surface area (Å²) in [6.45, 7) is 10.1. The normalized spacial score (nSPS) is 11.5. The maximum absolute atomic E-state index is 12.8. The number of nitrogens with zero attached hydrogens (tertiary/aromatic N) is 1. The van der Waals surface area contributed by atoms with E-state index in [1.807, 2.05) is 0 Å². The topological polar surface area (TPSA) is 118 Å². The quantitative estimate of drug-likeness (QED) is 0.313. The Hall–Kier alpha value is -3.04. The van der Waals surface area contributed by atoms with Crippen LogP contribution in [-0.4, -0.2) is 48.8 Å². The number of carbonyl (C=O) groups excluding carboxylic acids is 3. The molecule has 1 aromatic carbocycles. The Morgan fingerprint density at radius 1 is 1.16 bits per heavy atom. The number of ether oxygens (including phenoxy) is 1. The Balaban J connectivity index is 3.27. The highest BCUT2D eigenvalue weighted by Crippen LogP contribution is 2.17. The average Bonchev–Trinajstić information content (AvgIpc) is 2.74. The molecule has 0 aliphatic rings. The van der Waals surface area contributed by atoms with E-state index in [4.69, 9.17) is 9.84 Å². The monoisotopic (exact) mass is 449 g/mol. The number of rotatable bonds is 11. The van der Waals surface area contributed by atoms with Crippen LogP contribution in [0.3, 0.4) is 0 Å². The summed E-state index contributed by atoms with van der Waals surface area (Å²) in [5.41, 5.74) is 0.793. The summed E-state index contributed by atoms with van der Waals surface area (Å²) in [5.74, 6) is -3.50. The van der Waals surface area contributed by atoms with Gasteiger partial charge in [-0.2, -0.15) is 0 Å². The molecule has 9 heteroatoms. The number of hydrogen-bond acceptors (Lipinski definition) is 7. The molecule has 0 unspecified atom stereocenters. The standard InChI is InChI=1S/C22H27NO7S/c1-5-17(4)21(26)30-22(27)18(8-7-13-24)14-23(20(25)6-2)15-31(28,29)19-11-9-16(3)10-12-19/h6,9-12,14,24H,2,4-5,7-8,13,15H2,1,3H3. The van der Waals surface area contributed by atoms with Gasteiger partial charge in [-0.15, -0.1) is 0 Å². The van der Waals surface area contributed by atoms with Gasteiger partial charge in [0, 0.05) is 18.4 Å². The van der Waals surface area contributed by atoms with E-state index in [1.165, 1.54) is 12.1 Å². The molecule has 0 atom stereocenters. The van der Waals surface area contributed by atoms with Crippen molar-refractivity contribution in [2.24, 2.45) is 0 Å². The number of benzene rings is 1. The van der Waals surface area contributed by atoms with Crippen molar-refractivity contribution in [3.05, 3.63) is 66.4 Å². The van der Waals surface area contributed by atoms with Crippen molar-refractivity contribution in [2.75, 3.05) is 12.5 Å². The van der Waals surface area contributed by atoms with E-state index in [9.17, 15) is 22.8 Å². The summed E-state index contributed by atoms with van der Waals surface area (Å²) in [7, 11) is -3.93. The SMILES string of the molecule is C=CC(=O)N(C=C(CCCO)C(=O)OC(=O)C(=C)CC)CS(=O)(=O)c1ccc(C)cc1. The number of aliphatic hydroxyl groups is 1. The van der Waals surface area contributed by atoms with E-state index < -0.39 is 33.6 Å². The zero-order valence-corrected chi connectivity index (χ0v) is 18.5. The van der Waals surface area contributed by atoms with Gasteiger partial charge >= 0.3 is 11.9 Å². The van der Waals surface area contributed by atoms with Crippen molar-refractivity contribution in [2.45, 2.75) is 38.0 Å². The van der Waals surface area contributed by atoms with Crippen LogP contribution in [0.25, 0.3) is 0 Å². The van der Waals surface area contributed by atoms with Crippen LogP contribution >= 0.6 is 0 Å². The molecule has 0 radical (unpaired) electrons. The Morgan fingerprint density at radius 2 is 1.77 bits per heavy atom. The molecule has 0 fully saturated rings. The van der Waals surface area contributed by atoms with Crippen LogP contribution in [0.5, 0.6) is 0 Å². The number of aryl methyl sites for hydroxylation is 1. The van der Waals surface area contributed by atoms with Gasteiger partial charge in [0.1, 0.15) is 5.88 Å². The molecule has 0 saturated carbocycles. The summed E-state index contributed by atoms with van der Waals surface area (Å²) in [5, 5.41) is 9.10. The van der Waals surface area contributed by atoms with Crippen molar-refractivity contribution in [1.82, 2.24) is 4.90 Å². The molecule has 0 spiro atoms. The van der Waals surface area contributed by atoms with Crippen molar-refractivity contribution in [3.63, 3.8) is 0 Å². The van der Waals surface area contributed by atoms with Crippen molar-refractivity contribution in [3.8, 4) is 0 Å². The smallest absolute Gasteiger partial charge is 0.343 e. The number of aliphatic hydroxyl groups excluding tert-OH is 1. The maximum Gasteiger partial charge on any atom is 0.343 e. The van der Waals surface area contributed by atoms with E-state index in [0.29, 0.717) is 0 Å². The zero-order chi connectivity index (χ0) is 23.6. The number of esters is 2. The fraction of sp³-hybridized carbons (Fsp3) is 0.318. The number of amides is 1. The molecule has 1 rings (SSSR count). The lowest BCUT2D eigenvalue weighted by Gasteiger charge is -2.19. The lowest BCUT2D eigenvalue weighted by Crippen LogP contribution is -2.31. The molecule has 1 N–H and O–H groups in total. The first-order valence-electron chi connectivity index (χ1n) is 9.54. The van der Waals surface area contributed by atoms with Crippen molar-refractivity contribution in [1.29, 1.82) is 0 Å². The first-order chi connectivity index (χ1) is 14.5. The first-order valence-corrected chi connectivity index (χ1v) is 11.2. The van der Waals surface area contributed by atoms with E-state index in [0.717, 1.165) is 22.7 Å². The molecule has 168 valence electrons. The van der Waals surface area contributed by atoms with Gasteiger partial charge in [0.05, 0.1) is 10.5 Å². The Kier molecular flexibility index (Phi) is 10.0. The largest absolute Gasteiger partial charge is 0.396 e. The van der Waals surface area contributed by atoms with Crippen molar-refractivity contribution < 1.29 is 32.6 Å². The molecule has 0 aliphatic carbocycles. The molecule has 0 heterocycles. The summed E-state index contributed by atoms with van der Waals surface area (Å²) < 4.78 is 30.3. The van der Waals surface area contributed by atoms with Crippen LogP contribution in [0.4, 0.5) is 0 Å². The average molecular weight is 450 g/mol. The zero-order valence-electron chi connectivity index (χ0n) is 17.7. The van der Waals surface area contributed by atoms with Gasteiger partial charge in [-0.05, 0) is 44.4 Å². The summed E-state index contributed by atoms with van der Waals surface area (Å²) in [4.78, 5) is 37.4. The van der Waals surface area contributed by atoms with Crippen LogP contribution in [0.2, 0.25) is 0 Å².